The number of carbonyl (C=O) groups excluding carboxylic acids is 1. The van der Waals surface area contributed by atoms with E-state index in [4.69, 9.17) is 4.74 Å². The molecule has 0 aliphatic carbocycles. The molecular formula is C22H28N2O2. The molecule has 1 N–H and O–H groups in total. The van der Waals surface area contributed by atoms with Gasteiger partial charge in [-0.25, -0.2) is 0 Å². The van der Waals surface area contributed by atoms with Crippen LogP contribution in [-0.2, 0) is 0 Å². The normalized spacial score (nSPS) is 16.1. The van der Waals surface area contributed by atoms with Gasteiger partial charge in [-0.2, -0.15) is 0 Å². The Balaban J connectivity index is 1.73. The van der Waals surface area contributed by atoms with Gasteiger partial charge >= 0.3 is 0 Å². The Kier molecular flexibility index (Phi) is 6.29. The van der Waals surface area contributed by atoms with Crippen molar-refractivity contribution in [3.8, 4) is 5.75 Å². The number of amides is 1. The van der Waals surface area contributed by atoms with Crippen LogP contribution in [0.3, 0.4) is 0 Å². The molecular weight excluding hydrogens is 324 g/mol. The molecule has 1 saturated heterocycles. The summed E-state index contributed by atoms with van der Waals surface area (Å²) < 4.78 is 5.28. The highest BCUT2D eigenvalue weighted by Crippen LogP contribution is 2.26. The Bertz CT molecular complexity index is 721. The zero-order chi connectivity index (χ0) is 18.4. The summed E-state index contributed by atoms with van der Waals surface area (Å²) in [5.74, 6) is 0.846. The van der Waals surface area contributed by atoms with E-state index in [0.29, 0.717) is 6.54 Å². The fourth-order valence-electron chi connectivity index (χ4n) is 3.59. The molecule has 0 radical (unpaired) electrons. The predicted molar refractivity (Wildman–Crippen MR) is 105 cm³/mol. The van der Waals surface area contributed by atoms with Gasteiger partial charge in [0.05, 0.1) is 13.2 Å². The molecule has 0 spiro atoms. The number of methoxy groups -OCH3 is 1. The molecule has 2 aromatic rings. The van der Waals surface area contributed by atoms with Crippen LogP contribution in [0.4, 0.5) is 0 Å². The van der Waals surface area contributed by atoms with Crippen molar-refractivity contribution < 1.29 is 9.53 Å². The summed E-state index contributed by atoms with van der Waals surface area (Å²) >= 11 is 0. The Morgan fingerprint density at radius 3 is 2.50 bits per heavy atom. The molecule has 0 aromatic heterocycles. The lowest BCUT2D eigenvalue weighted by atomic mass is 10.0. The van der Waals surface area contributed by atoms with Gasteiger partial charge in [0.15, 0.2) is 0 Å². The maximum atomic E-state index is 12.6. The van der Waals surface area contributed by atoms with Crippen molar-refractivity contribution in [3.63, 3.8) is 0 Å². The van der Waals surface area contributed by atoms with E-state index < -0.39 is 0 Å². The van der Waals surface area contributed by atoms with Gasteiger partial charge in [0.25, 0.3) is 5.91 Å². The van der Waals surface area contributed by atoms with E-state index in [9.17, 15) is 4.79 Å². The first-order chi connectivity index (χ1) is 12.7. The summed E-state index contributed by atoms with van der Waals surface area (Å²) in [7, 11) is 1.68. The van der Waals surface area contributed by atoms with Gasteiger partial charge in [0.1, 0.15) is 5.75 Å². The third-order valence-corrected chi connectivity index (χ3v) is 5.07. The molecule has 0 saturated carbocycles. The fraction of sp³-hybridized carbons (Fsp3) is 0.409. The van der Waals surface area contributed by atoms with Gasteiger partial charge < -0.3 is 10.1 Å². The van der Waals surface area contributed by atoms with Crippen LogP contribution in [0, 0.1) is 6.92 Å². The third kappa shape index (κ3) is 4.64. The number of ether oxygens (including phenoxy) is 1. The highest BCUT2D eigenvalue weighted by Gasteiger charge is 2.23. The lowest BCUT2D eigenvalue weighted by Gasteiger charge is -2.35. The largest absolute Gasteiger partial charge is 0.497 e. The standard InChI is InChI=1S/C22H28N2O2/c1-17-7-6-8-19(15-17)22(25)23-16-21(24-13-4-3-5-14-24)18-9-11-20(26-2)12-10-18/h6-12,15,21H,3-5,13-14,16H2,1-2H3,(H,23,25). The number of hydrogen-bond donors (Lipinski definition) is 1. The van der Waals surface area contributed by atoms with E-state index in [2.05, 4.69) is 22.3 Å². The molecule has 1 atom stereocenters. The first kappa shape index (κ1) is 18.5. The minimum atomic E-state index is -0.00998. The summed E-state index contributed by atoms with van der Waals surface area (Å²) in [6, 6.07) is 16.1. The average Bonchev–Trinajstić information content (AvgIpc) is 2.69. The highest BCUT2D eigenvalue weighted by atomic mass is 16.5. The Morgan fingerprint density at radius 2 is 1.85 bits per heavy atom. The zero-order valence-electron chi connectivity index (χ0n) is 15.7. The van der Waals surface area contributed by atoms with Crippen LogP contribution in [0.1, 0.15) is 46.8 Å². The second kappa shape index (κ2) is 8.86. The van der Waals surface area contributed by atoms with E-state index in [-0.39, 0.29) is 11.9 Å². The number of carbonyl (C=O) groups is 1. The third-order valence-electron chi connectivity index (χ3n) is 5.07. The zero-order valence-corrected chi connectivity index (χ0v) is 15.7. The predicted octanol–water partition coefficient (Wildman–Crippen LogP) is 3.96. The van der Waals surface area contributed by atoms with Crippen LogP contribution in [0.5, 0.6) is 5.75 Å². The molecule has 2 aromatic carbocycles. The van der Waals surface area contributed by atoms with Gasteiger partial charge in [0.2, 0.25) is 0 Å². The van der Waals surface area contributed by atoms with Crippen molar-refractivity contribution in [2.45, 2.75) is 32.2 Å². The lowest BCUT2D eigenvalue weighted by Crippen LogP contribution is -2.40. The monoisotopic (exact) mass is 352 g/mol. The fourth-order valence-corrected chi connectivity index (χ4v) is 3.59. The van der Waals surface area contributed by atoms with Crippen LogP contribution >= 0.6 is 0 Å². The maximum Gasteiger partial charge on any atom is 0.251 e. The van der Waals surface area contributed by atoms with Crippen molar-refractivity contribution >= 4 is 5.91 Å². The summed E-state index contributed by atoms with van der Waals surface area (Å²) in [5.41, 5.74) is 3.04. The molecule has 138 valence electrons. The van der Waals surface area contributed by atoms with Gasteiger partial charge in [-0.3, -0.25) is 9.69 Å². The molecule has 0 bridgehead atoms. The van der Waals surface area contributed by atoms with Crippen molar-refractivity contribution in [1.82, 2.24) is 10.2 Å². The summed E-state index contributed by atoms with van der Waals surface area (Å²) in [5, 5.41) is 3.14. The minimum absolute atomic E-state index is 0.00998. The number of benzene rings is 2. The Morgan fingerprint density at radius 1 is 1.12 bits per heavy atom. The number of aryl methyl sites for hydroxylation is 1. The van der Waals surface area contributed by atoms with E-state index in [1.54, 1.807) is 7.11 Å². The molecule has 1 unspecified atom stereocenters. The number of nitrogens with one attached hydrogen (secondary N) is 1. The Hall–Kier alpha value is -2.33. The number of hydrogen-bond acceptors (Lipinski definition) is 3. The molecule has 26 heavy (non-hydrogen) atoms. The van der Waals surface area contributed by atoms with Gasteiger partial charge in [0, 0.05) is 12.1 Å². The smallest absolute Gasteiger partial charge is 0.251 e. The molecule has 1 heterocycles. The quantitative estimate of drug-likeness (QED) is 0.855. The second-order valence-electron chi connectivity index (χ2n) is 6.97. The summed E-state index contributed by atoms with van der Waals surface area (Å²) in [6.45, 7) is 4.78. The molecule has 4 nitrogen and oxygen atoms in total. The minimum Gasteiger partial charge on any atom is -0.497 e. The van der Waals surface area contributed by atoms with Crippen LogP contribution in [0.2, 0.25) is 0 Å². The summed E-state index contributed by atoms with van der Waals surface area (Å²) in [6.07, 6.45) is 3.73. The van der Waals surface area contributed by atoms with Crippen LogP contribution in [0.15, 0.2) is 48.5 Å². The SMILES string of the molecule is COc1ccc(C(CNC(=O)c2cccc(C)c2)N2CCCCC2)cc1. The number of piperidine rings is 1. The van der Waals surface area contributed by atoms with Crippen molar-refractivity contribution in [3.05, 3.63) is 65.2 Å². The van der Waals surface area contributed by atoms with E-state index in [0.717, 1.165) is 30.0 Å². The number of nitrogens with zero attached hydrogens (tertiary/aromatic N) is 1. The van der Waals surface area contributed by atoms with Crippen molar-refractivity contribution in [2.75, 3.05) is 26.7 Å². The summed E-state index contributed by atoms with van der Waals surface area (Å²) in [4.78, 5) is 15.1. The highest BCUT2D eigenvalue weighted by molar-refractivity contribution is 5.94. The average molecular weight is 352 g/mol. The first-order valence-corrected chi connectivity index (χ1v) is 9.40. The van der Waals surface area contributed by atoms with Gasteiger partial charge in [-0.15, -0.1) is 0 Å². The van der Waals surface area contributed by atoms with E-state index in [1.165, 1.54) is 24.8 Å². The lowest BCUT2D eigenvalue weighted by molar-refractivity contribution is 0.0924. The number of rotatable bonds is 6. The molecule has 1 fully saturated rings. The van der Waals surface area contributed by atoms with Crippen molar-refractivity contribution in [2.24, 2.45) is 0 Å². The molecule has 4 heteroatoms. The van der Waals surface area contributed by atoms with Crippen LogP contribution in [-0.4, -0.2) is 37.6 Å². The van der Waals surface area contributed by atoms with Crippen LogP contribution < -0.4 is 10.1 Å². The molecule has 1 amide bonds. The van der Waals surface area contributed by atoms with Crippen molar-refractivity contribution in [1.29, 1.82) is 0 Å². The van der Waals surface area contributed by atoms with Crippen LogP contribution in [0.25, 0.3) is 0 Å². The van der Waals surface area contributed by atoms with Gasteiger partial charge in [-0.05, 0) is 62.7 Å². The topological polar surface area (TPSA) is 41.6 Å². The second-order valence-corrected chi connectivity index (χ2v) is 6.97. The molecule has 1 aliphatic heterocycles. The Labute approximate surface area is 156 Å². The maximum absolute atomic E-state index is 12.6. The van der Waals surface area contributed by atoms with E-state index in [1.807, 2.05) is 43.3 Å². The number of likely N-dealkylation sites (tertiary alicyclic amines) is 1. The van der Waals surface area contributed by atoms with Gasteiger partial charge in [-0.1, -0.05) is 36.2 Å². The molecule has 1 aliphatic rings. The molecule has 3 rings (SSSR count). The van der Waals surface area contributed by atoms with E-state index >= 15 is 0 Å². The first-order valence-electron chi connectivity index (χ1n) is 9.40.